The molecule has 0 N–H and O–H groups in total. The third-order valence-corrected chi connectivity index (χ3v) is 10.0. The molecule has 10 rings (SSSR count). The van der Waals surface area contributed by atoms with Crippen molar-refractivity contribution in [3.63, 3.8) is 0 Å². The van der Waals surface area contributed by atoms with Crippen molar-refractivity contribution in [2.75, 3.05) is 4.90 Å². The van der Waals surface area contributed by atoms with Crippen molar-refractivity contribution in [2.45, 2.75) is 0 Å². The molecule has 1 aliphatic carbocycles. The van der Waals surface area contributed by atoms with Crippen LogP contribution in [-0.4, -0.2) is 9.97 Å². The van der Waals surface area contributed by atoms with E-state index in [0.29, 0.717) is 5.82 Å². The highest BCUT2D eigenvalue weighted by Crippen LogP contribution is 2.52. The minimum Gasteiger partial charge on any atom is -0.310 e. The van der Waals surface area contributed by atoms with Crippen molar-refractivity contribution in [1.82, 2.24) is 9.97 Å². The summed E-state index contributed by atoms with van der Waals surface area (Å²) in [6, 6.07) is 64.9. The van der Waals surface area contributed by atoms with E-state index < -0.39 is 0 Å². The fraction of sp³-hybridized carbons (Fsp3) is 0. The summed E-state index contributed by atoms with van der Waals surface area (Å²) < 4.78 is 0. The molecule has 0 aliphatic heterocycles. The van der Waals surface area contributed by atoms with Crippen LogP contribution < -0.4 is 4.90 Å². The average molecular weight is 650 g/mol. The van der Waals surface area contributed by atoms with E-state index in [9.17, 15) is 0 Å². The minimum absolute atomic E-state index is 0.694. The third-order valence-electron chi connectivity index (χ3n) is 10.0. The summed E-state index contributed by atoms with van der Waals surface area (Å²) in [5.41, 5.74) is 14.6. The van der Waals surface area contributed by atoms with Crippen LogP contribution in [0, 0.1) is 0 Å². The van der Waals surface area contributed by atoms with Gasteiger partial charge >= 0.3 is 0 Å². The molecule has 238 valence electrons. The van der Waals surface area contributed by atoms with Crippen LogP contribution in [0.5, 0.6) is 0 Å². The zero-order chi connectivity index (χ0) is 33.7. The van der Waals surface area contributed by atoms with Crippen molar-refractivity contribution >= 4 is 38.7 Å². The van der Waals surface area contributed by atoms with Gasteiger partial charge in [-0.3, -0.25) is 0 Å². The molecule has 0 saturated heterocycles. The Bertz CT molecular complexity index is 2730. The maximum Gasteiger partial charge on any atom is 0.161 e. The Morgan fingerprint density at radius 3 is 1.71 bits per heavy atom. The van der Waals surface area contributed by atoms with Crippen LogP contribution in [0.25, 0.3) is 77.6 Å². The molecule has 0 amide bonds. The molecule has 3 nitrogen and oxygen atoms in total. The lowest BCUT2D eigenvalue weighted by molar-refractivity contribution is 1.21. The second kappa shape index (κ2) is 11.9. The summed E-state index contributed by atoms with van der Waals surface area (Å²) in [4.78, 5) is 12.6. The van der Waals surface area contributed by atoms with Crippen molar-refractivity contribution in [3.8, 4) is 55.9 Å². The number of benzene rings is 8. The largest absolute Gasteiger partial charge is 0.310 e. The molecule has 0 atom stereocenters. The SMILES string of the molecule is c1ccc(-c2ccc(N(c3cccc(-c4ccccc4)c3)c3cc4c(cc3-c3ncc5ccccc5n3)-c3cccc5cccc-4c35)cc2)cc1. The zero-order valence-electron chi connectivity index (χ0n) is 27.7. The Morgan fingerprint density at radius 1 is 0.373 bits per heavy atom. The van der Waals surface area contributed by atoms with Gasteiger partial charge in [-0.05, 0) is 97.7 Å². The molecule has 0 radical (unpaired) electrons. The van der Waals surface area contributed by atoms with Gasteiger partial charge in [0.1, 0.15) is 0 Å². The monoisotopic (exact) mass is 649 g/mol. The fourth-order valence-electron chi connectivity index (χ4n) is 7.61. The van der Waals surface area contributed by atoms with E-state index in [4.69, 9.17) is 9.97 Å². The van der Waals surface area contributed by atoms with Gasteiger partial charge in [-0.15, -0.1) is 0 Å². The summed E-state index contributed by atoms with van der Waals surface area (Å²) in [5.74, 6) is 0.694. The molecule has 1 heterocycles. The van der Waals surface area contributed by atoms with E-state index in [2.05, 4.69) is 175 Å². The van der Waals surface area contributed by atoms with E-state index in [1.54, 1.807) is 0 Å². The van der Waals surface area contributed by atoms with E-state index in [0.717, 1.165) is 39.1 Å². The first-order chi connectivity index (χ1) is 25.3. The van der Waals surface area contributed by atoms with E-state index in [1.165, 1.54) is 49.7 Å². The molecule has 0 bridgehead atoms. The molecule has 9 aromatic rings. The average Bonchev–Trinajstić information content (AvgIpc) is 3.52. The number of hydrogen-bond donors (Lipinski definition) is 0. The Labute approximate surface area is 296 Å². The Balaban J connectivity index is 1.25. The predicted molar refractivity (Wildman–Crippen MR) is 212 cm³/mol. The summed E-state index contributed by atoms with van der Waals surface area (Å²) in [6.45, 7) is 0. The van der Waals surface area contributed by atoms with Crippen LogP contribution in [-0.2, 0) is 0 Å². The molecule has 51 heavy (non-hydrogen) atoms. The van der Waals surface area contributed by atoms with Gasteiger partial charge < -0.3 is 4.90 Å². The third kappa shape index (κ3) is 4.98. The number of aromatic nitrogens is 2. The molecule has 8 aromatic carbocycles. The molecule has 1 aliphatic rings. The van der Waals surface area contributed by atoms with Gasteiger partial charge in [0.2, 0.25) is 0 Å². The number of rotatable bonds is 6. The molecule has 0 fully saturated rings. The van der Waals surface area contributed by atoms with Gasteiger partial charge in [0, 0.05) is 28.5 Å². The molecular formula is C48H31N3. The zero-order valence-corrected chi connectivity index (χ0v) is 27.7. The van der Waals surface area contributed by atoms with Crippen LogP contribution in [0.1, 0.15) is 0 Å². The second-order valence-electron chi connectivity index (χ2n) is 13.0. The van der Waals surface area contributed by atoms with Crippen molar-refractivity contribution in [2.24, 2.45) is 0 Å². The molecule has 0 saturated carbocycles. The van der Waals surface area contributed by atoms with E-state index >= 15 is 0 Å². The topological polar surface area (TPSA) is 29.0 Å². The first-order valence-corrected chi connectivity index (χ1v) is 17.3. The summed E-state index contributed by atoms with van der Waals surface area (Å²) in [7, 11) is 0. The van der Waals surface area contributed by atoms with Gasteiger partial charge in [0.25, 0.3) is 0 Å². The number of anilines is 3. The maximum absolute atomic E-state index is 5.18. The summed E-state index contributed by atoms with van der Waals surface area (Å²) in [6.07, 6.45) is 1.94. The first kappa shape index (κ1) is 29.1. The Morgan fingerprint density at radius 2 is 0.961 bits per heavy atom. The Hall–Kier alpha value is -6.84. The molecule has 1 aromatic heterocycles. The summed E-state index contributed by atoms with van der Waals surface area (Å²) in [5, 5.41) is 3.56. The van der Waals surface area contributed by atoms with Gasteiger partial charge in [-0.25, -0.2) is 9.97 Å². The van der Waals surface area contributed by atoms with Gasteiger partial charge in [0.05, 0.1) is 11.2 Å². The van der Waals surface area contributed by atoms with Crippen LogP contribution in [0.3, 0.4) is 0 Å². The quantitative estimate of drug-likeness (QED) is 0.179. The summed E-state index contributed by atoms with van der Waals surface area (Å²) >= 11 is 0. The van der Waals surface area contributed by atoms with Gasteiger partial charge in [-0.2, -0.15) is 0 Å². The Kier molecular flexibility index (Phi) is 6.81. The molecule has 0 unspecified atom stereocenters. The molecule has 3 heteroatoms. The minimum atomic E-state index is 0.694. The van der Waals surface area contributed by atoms with Crippen LogP contribution in [0.15, 0.2) is 188 Å². The standard InChI is InChI=1S/C48H31N3/c1-3-12-32(13-4-1)34-24-26-38(27-25-34)51(39-20-9-19-36(28-39)33-14-5-2-6-15-33)46-30-43-41-22-11-18-35-17-10-21-40(47(35)41)42(43)29-44(46)48-49-31-37-16-7-8-23-45(37)50-48/h1-31H. The fourth-order valence-corrected chi connectivity index (χ4v) is 7.61. The number of hydrogen-bond acceptors (Lipinski definition) is 3. The molecular weight excluding hydrogens is 619 g/mol. The second-order valence-corrected chi connectivity index (χ2v) is 13.0. The number of para-hydroxylation sites is 1. The lowest BCUT2D eigenvalue weighted by Gasteiger charge is -2.29. The van der Waals surface area contributed by atoms with Crippen molar-refractivity contribution < 1.29 is 0 Å². The van der Waals surface area contributed by atoms with Crippen molar-refractivity contribution in [1.29, 1.82) is 0 Å². The highest BCUT2D eigenvalue weighted by Gasteiger charge is 2.27. The van der Waals surface area contributed by atoms with E-state index in [1.807, 2.05) is 18.3 Å². The molecule has 0 spiro atoms. The lowest BCUT2D eigenvalue weighted by Crippen LogP contribution is -2.12. The van der Waals surface area contributed by atoms with Crippen LogP contribution in [0.2, 0.25) is 0 Å². The van der Waals surface area contributed by atoms with Gasteiger partial charge in [0.15, 0.2) is 5.82 Å². The van der Waals surface area contributed by atoms with E-state index in [-0.39, 0.29) is 0 Å². The smallest absolute Gasteiger partial charge is 0.161 e. The number of fused-ring (bicyclic) bond motifs is 4. The number of nitrogens with zero attached hydrogens (tertiary/aromatic N) is 3. The lowest BCUT2D eigenvalue weighted by atomic mass is 9.97. The van der Waals surface area contributed by atoms with Crippen molar-refractivity contribution in [3.05, 3.63) is 188 Å². The highest BCUT2D eigenvalue weighted by atomic mass is 15.1. The predicted octanol–water partition coefficient (Wildman–Crippen LogP) is 12.9. The highest BCUT2D eigenvalue weighted by molar-refractivity contribution is 6.16. The van der Waals surface area contributed by atoms with Gasteiger partial charge in [-0.1, -0.05) is 140 Å². The first-order valence-electron chi connectivity index (χ1n) is 17.3. The maximum atomic E-state index is 5.18. The van der Waals surface area contributed by atoms with Crippen LogP contribution in [0.4, 0.5) is 17.1 Å². The normalized spacial score (nSPS) is 11.5. The van der Waals surface area contributed by atoms with Crippen LogP contribution >= 0.6 is 0 Å².